The standard InChI is InChI=1S/C14H17ClN2O3/c1-17(13(19)20-16)14(9-5-4-8-12(14)18)10-6-2-3-7-11(10)15/h2-3,6-7H,4-5,8-9,16H2,1H3. The van der Waals surface area contributed by atoms with Crippen molar-refractivity contribution in [3.63, 3.8) is 0 Å². The first-order valence-electron chi connectivity index (χ1n) is 6.47. The number of ketones is 1. The van der Waals surface area contributed by atoms with E-state index in [4.69, 9.17) is 17.5 Å². The van der Waals surface area contributed by atoms with Crippen LogP contribution in [0.1, 0.15) is 31.2 Å². The van der Waals surface area contributed by atoms with Gasteiger partial charge in [0.05, 0.1) is 0 Å². The molecule has 0 spiro atoms. The van der Waals surface area contributed by atoms with Gasteiger partial charge in [-0.05, 0) is 25.3 Å². The van der Waals surface area contributed by atoms with Crippen LogP contribution < -0.4 is 5.90 Å². The molecule has 0 saturated heterocycles. The number of Topliss-reactive ketones (excluding diaryl/α,β-unsaturated/α-hetero) is 1. The second-order valence-electron chi connectivity index (χ2n) is 4.91. The first-order valence-corrected chi connectivity index (χ1v) is 6.84. The number of likely N-dealkylation sites (N-methyl/N-ethyl adjacent to an activating group) is 1. The summed E-state index contributed by atoms with van der Waals surface area (Å²) in [5, 5.41) is 0.458. The molecule has 0 aliphatic heterocycles. The van der Waals surface area contributed by atoms with Gasteiger partial charge >= 0.3 is 6.09 Å². The summed E-state index contributed by atoms with van der Waals surface area (Å²) in [5.74, 6) is 4.93. The number of halogens is 1. The van der Waals surface area contributed by atoms with Crippen molar-refractivity contribution in [1.29, 1.82) is 0 Å². The minimum Gasteiger partial charge on any atom is -0.357 e. The van der Waals surface area contributed by atoms with Gasteiger partial charge in [0.15, 0.2) is 5.78 Å². The molecule has 0 aromatic heterocycles. The molecule has 1 unspecified atom stereocenters. The van der Waals surface area contributed by atoms with Crippen molar-refractivity contribution in [2.24, 2.45) is 5.90 Å². The van der Waals surface area contributed by atoms with Gasteiger partial charge in [-0.3, -0.25) is 9.69 Å². The van der Waals surface area contributed by atoms with E-state index < -0.39 is 11.6 Å². The molecule has 1 aliphatic rings. The third-order valence-corrected chi connectivity index (χ3v) is 4.25. The van der Waals surface area contributed by atoms with Crippen molar-refractivity contribution in [2.75, 3.05) is 7.05 Å². The maximum absolute atomic E-state index is 12.6. The number of nitrogens with two attached hydrogens (primary N) is 1. The minimum absolute atomic E-state index is 0.0373. The number of carbonyl (C=O) groups is 2. The molecule has 0 heterocycles. The number of benzene rings is 1. The zero-order valence-electron chi connectivity index (χ0n) is 11.3. The fourth-order valence-electron chi connectivity index (χ4n) is 2.86. The van der Waals surface area contributed by atoms with E-state index in [1.165, 1.54) is 11.9 Å². The van der Waals surface area contributed by atoms with Crippen LogP contribution in [-0.2, 0) is 15.2 Å². The van der Waals surface area contributed by atoms with Crippen LogP contribution >= 0.6 is 11.6 Å². The summed E-state index contributed by atoms with van der Waals surface area (Å²) in [7, 11) is 1.52. The highest BCUT2D eigenvalue weighted by atomic mass is 35.5. The molecule has 20 heavy (non-hydrogen) atoms. The lowest BCUT2D eigenvalue weighted by Crippen LogP contribution is -2.54. The molecule has 1 aromatic rings. The van der Waals surface area contributed by atoms with Gasteiger partial charge in [-0.15, -0.1) is 0 Å². The summed E-state index contributed by atoms with van der Waals surface area (Å²) < 4.78 is 0. The second-order valence-corrected chi connectivity index (χ2v) is 5.32. The summed E-state index contributed by atoms with van der Waals surface area (Å²) in [5.41, 5.74) is -0.466. The van der Waals surface area contributed by atoms with Gasteiger partial charge in [-0.2, -0.15) is 5.90 Å². The van der Waals surface area contributed by atoms with Gasteiger partial charge in [0, 0.05) is 24.1 Å². The molecule has 2 rings (SSSR count). The molecule has 5 nitrogen and oxygen atoms in total. The number of nitrogens with zero attached hydrogens (tertiary/aromatic N) is 1. The maximum atomic E-state index is 12.6. The number of amides is 1. The van der Waals surface area contributed by atoms with Crippen molar-refractivity contribution in [2.45, 2.75) is 31.2 Å². The topological polar surface area (TPSA) is 72.6 Å². The third kappa shape index (κ3) is 2.27. The largest absolute Gasteiger partial charge is 0.429 e. The summed E-state index contributed by atoms with van der Waals surface area (Å²) >= 11 is 6.24. The van der Waals surface area contributed by atoms with Crippen molar-refractivity contribution in [3.8, 4) is 0 Å². The first kappa shape index (κ1) is 14.8. The third-order valence-electron chi connectivity index (χ3n) is 3.92. The summed E-state index contributed by atoms with van der Waals surface area (Å²) in [6.45, 7) is 0. The fourth-order valence-corrected chi connectivity index (χ4v) is 3.16. The molecule has 6 heteroatoms. The van der Waals surface area contributed by atoms with Gasteiger partial charge in [0.25, 0.3) is 0 Å². The van der Waals surface area contributed by atoms with Gasteiger partial charge in [-0.25, -0.2) is 4.79 Å². The molecule has 2 N–H and O–H groups in total. The van der Waals surface area contributed by atoms with Crippen LogP contribution in [0.4, 0.5) is 4.79 Å². The van der Waals surface area contributed by atoms with Crippen LogP contribution in [0.3, 0.4) is 0 Å². The molecular formula is C14H17ClN2O3. The lowest BCUT2D eigenvalue weighted by atomic mass is 9.74. The molecule has 1 aromatic carbocycles. The molecule has 1 fully saturated rings. The Kier molecular flexibility index (Phi) is 4.30. The van der Waals surface area contributed by atoms with Crippen molar-refractivity contribution in [1.82, 2.24) is 4.90 Å². The van der Waals surface area contributed by atoms with Crippen LogP contribution in [0.2, 0.25) is 5.02 Å². The Morgan fingerprint density at radius 1 is 1.40 bits per heavy atom. The summed E-state index contributed by atoms with van der Waals surface area (Å²) in [4.78, 5) is 30.0. The van der Waals surface area contributed by atoms with Crippen molar-refractivity contribution in [3.05, 3.63) is 34.9 Å². The Balaban J connectivity index is 2.58. The number of hydrogen-bond donors (Lipinski definition) is 1. The maximum Gasteiger partial charge on any atom is 0.429 e. The summed E-state index contributed by atoms with van der Waals surface area (Å²) in [6, 6.07) is 7.06. The van der Waals surface area contributed by atoms with E-state index in [1.54, 1.807) is 24.3 Å². The molecular weight excluding hydrogens is 280 g/mol. The van der Waals surface area contributed by atoms with E-state index >= 15 is 0 Å². The molecule has 1 amide bonds. The number of hydrogen-bond acceptors (Lipinski definition) is 4. The lowest BCUT2D eigenvalue weighted by molar-refractivity contribution is -0.133. The highest BCUT2D eigenvalue weighted by Crippen LogP contribution is 2.42. The Bertz CT molecular complexity index is 535. The molecule has 108 valence electrons. The van der Waals surface area contributed by atoms with Gasteiger partial charge in [-0.1, -0.05) is 29.8 Å². The smallest absolute Gasteiger partial charge is 0.357 e. The quantitative estimate of drug-likeness (QED) is 0.852. The van der Waals surface area contributed by atoms with Gasteiger partial charge < -0.3 is 4.84 Å². The monoisotopic (exact) mass is 296 g/mol. The van der Waals surface area contributed by atoms with Gasteiger partial charge in [0.2, 0.25) is 0 Å². The Hall–Kier alpha value is -1.59. The Morgan fingerprint density at radius 3 is 2.70 bits per heavy atom. The second kappa shape index (κ2) is 5.81. The van der Waals surface area contributed by atoms with Crippen LogP contribution in [-0.4, -0.2) is 23.8 Å². The van der Waals surface area contributed by atoms with E-state index in [0.29, 0.717) is 23.4 Å². The number of rotatable bonds is 2. The Labute approximate surface area is 122 Å². The predicted molar refractivity (Wildman–Crippen MR) is 75.0 cm³/mol. The van der Waals surface area contributed by atoms with Crippen LogP contribution in [0.15, 0.2) is 24.3 Å². The van der Waals surface area contributed by atoms with Crippen LogP contribution in [0, 0.1) is 0 Å². The molecule has 1 saturated carbocycles. The number of carbonyl (C=O) groups excluding carboxylic acids is 2. The molecule has 1 aliphatic carbocycles. The Morgan fingerprint density at radius 2 is 2.10 bits per heavy atom. The van der Waals surface area contributed by atoms with Crippen molar-refractivity contribution >= 4 is 23.5 Å². The highest BCUT2D eigenvalue weighted by molar-refractivity contribution is 6.31. The molecule has 1 atom stereocenters. The fraction of sp³-hybridized carbons (Fsp3) is 0.429. The normalized spacial score (nSPS) is 22.4. The SMILES string of the molecule is CN(C(=O)ON)C1(c2ccccc2Cl)CCCCC1=O. The predicted octanol–water partition coefficient (Wildman–Crippen LogP) is 2.62. The van der Waals surface area contributed by atoms with E-state index in [9.17, 15) is 9.59 Å². The van der Waals surface area contributed by atoms with Crippen LogP contribution in [0.5, 0.6) is 0 Å². The van der Waals surface area contributed by atoms with E-state index in [0.717, 1.165) is 12.8 Å². The van der Waals surface area contributed by atoms with Crippen molar-refractivity contribution < 1.29 is 14.4 Å². The average molecular weight is 297 g/mol. The summed E-state index contributed by atoms with van der Waals surface area (Å²) in [6.07, 6.45) is 1.82. The zero-order chi connectivity index (χ0) is 14.8. The zero-order valence-corrected chi connectivity index (χ0v) is 12.0. The molecule has 0 radical (unpaired) electrons. The first-order chi connectivity index (χ1) is 9.54. The van der Waals surface area contributed by atoms with E-state index in [2.05, 4.69) is 4.84 Å². The van der Waals surface area contributed by atoms with E-state index in [-0.39, 0.29) is 5.78 Å². The van der Waals surface area contributed by atoms with Crippen LogP contribution in [0.25, 0.3) is 0 Å². The molecule has 0 bridgehead atoms. The lowest BCUT2D eigenvalue weighted by Gasteiger charge is -2.42. The minimum atomic E-state index is -1.09. The average Bonchev–Trinajstić information content (AvgIpc) is 2.47. The highest BCUT2D eigenvalue weighted by Gasteiger charge is 2.48. The van der Waals surface area contributed by atoms with E-state index in [1.807, 2.05) is 0 Å². The van der Waals surface area contributed by atoms with Gasteiger partial charge in [0.1, 0.15) is 5.54 Å².